The number of hydrogen-bond acceptors (Lipinski definition) is 7. The highest BCUT2D eigenvalue weighted by atomic mass is 16.5. The number of carbonyl (C=O) groups excluding carboxylic acids is 1. The van der Waals surface area contributed by atoms with Crippen molar-refractivity contribution in [3.8, 4) is 23.1 Å². The number of carbonyl (C=O) groups is 1. The zero-order valence-electron chi connectivity index (χ0n) is 18.2. The van der Waals surface area contributed by atoms with Gasteiger partial charge in [-0.2, -0.15) is 0 Å². The Kier molecular flexibility index (Phi) is 6.69. The van der Waals surface area contributed by atoms with E-state index in [1.165, 1.54) is 0 Å². The Morgan fingerprint density at radius 2 is 1.69 bits per heavy atom. The molecule has 0 bridgehead atoms. The number of rotatable bonds is 7. The van der Waals surface area contributed by atoms with Crippen LogP contribution < -0.4 is 24.4 Å². The largest absolute Gasteiger partial charge is 0.493 e. The molecule has 1 amide bonds. The van der Waals surface area contributed by atoms with Gasteiger partial charge in [0.25, 0.3) is 5.88 Å². The molecule has 0 aliphatic carbocycles. The van der Waals surface area contributed by atoms with Gasteiger partial charge in [0.2, 0.25) is 5.91 Å². The smallest absolute Gasteiger partial charge is 0.263 e. The van der Waals surface area contributed by atoms with E-state index in [2.05, 4.69) is 20.2 Å². The minimum atomic E-state index is -0.0884. The third kappa shape index (κ3) is 4.91. The molecule has 0 spiro atoms. The van der Waals surface area contributed by atoms with Gasteiger partial charge >= 0.3 is 0 Å². The SMILES string of the molecule is COc1ccc(NC(=O)C2CCN(c3nccnc3Oc3ccccc3)CC2)cc1OC. The van der Waals surface area contributed by atoms with Gasteiger partial charge in [-0.25, -0.2) is 9.97 Å². The normalized spacial score (nSPS) is 14.0. The quantitative estimate of drug-likeness (QED) is 0.598. The first-order valence-electron chi connectivity index (χ1n) is 10.5. The van der Waals surface area contributed by atoms with Crippen LogP contribution in [0.15, 0.2) is 60.9 Å². The molecule has 2 heterocycles. The predicted octanol–water partition coefficient (Wildman–Crippen LogP) is 4.14. The Hall–Kier alpha value is -3.81. The third-order valence-electron chi connectivity index (χ3n) is 5.42. The predicted molar refractivity (Wildman–Crippen MR) is 122 cm³/mol. The lowest BCUT2D eigenvalue weighted by Crippen LogP contribution is -2.38. The number of para-hydroxylation sites is 1. The second kappa shape index (κ2) is 10.00. The van der Waals surface area contributed by atoms with Crippen LogP contribution in [0.4, 0.5) is 11.5 Å². The van der Waals surface area contributed by atoms with Gasteiger partial charge in [-0.3, -0.25) is 4.79 Å². The monoisotopic (exact) mass is 434 g/mol. The first-order chi connectivity index (χ1) is 15.7. The zero-order chi connectivity index (χ0) is 22.3. The molecule has 2 aromatic carbocycles. The summed E-state index contributed by atoms with van der Waals surface area (Å²) in [4.78, 5) is 23.8. The number of piperidine rings is 1. The summed E-state index contributed by atoms with van der Waals surface area (Å²) in [6.45, 7) is 1.38. The molecule has 1 fully saturated rings. The van der Waals surface area contributed by atoms with Gasteiger partial charge in [0.1, 0.15) is 5.75 Å². The number of nitrogens with one attached hydrogen (secondary N) is 1. The summed E-state index contributed by atoms with van der Waals surface area (Å²) in [5.74, 6) is 2.97. The van der Waals surface area contributed by atoms with Gasteiger partial charge in [0, 0.05) is 43.2 Å². The number of nitrogens with zero attached hydrogens (tertiary/aromatic N) is 3. The zero-order valence-corrected chi connectivity index (χ0v) is 18.2. The highest BCUT2D eigenvalue weighted by Gasteiger charge is 2.27. The topological polar surface area (TPSA) is 85.8 Å². The molecule has 1 N–H and O–H groups in total. The molecular formula is C24H26N4O4. The molecule has 8 nitrogen and oxygen atoms in total. The van der Waals surface area contributed by atoms with Crippen LogP contribution in [0.25, 0.3) is 0 Å². The maximum Gasteiger partial charge on any atom is 0.263 e. The lowest BCUT2D eigenvalue weighted by Gasteiger charge is -2.32. The molecule has 8 heteroatoms. The van der Waals surface area contributed by atoms with E-state index in [-0.39, 0.29) is 11.8 Å². The Bertz CT molecular complexity index is 1050. The highest BCUT2D eigenvalue weighted by Crippen LogP contribution is 2.32. The fourth-order valence-corrected chi connectivity index (χ4v) is 3.72. The summed E-state index contributed by atoms with van der Waals surface area (Å²) < 4.78 is 16.5. The van der Waals surface area contributed by atoms with E-state index in [9.17, 15) is 4.79 Å². The lowest BCUT2D eigenvalue weighted by atomic mass is 9.96. The number of methoxy groups -OCH3 is 2. The third-order valence-corrected chi connectivity index (χ3v) is 5.42. The summed E-state index contributed by atoms with van der Waals surface area (Å²) in [6, 6.07) is 14.9. The summed E-state index contributed by atoms with van der Waals surface area (Å²) in [5.41, 5.74) is 0.683. The minimum absolute atomic E-state index is 0.00299. The Balaban J connectivity index is 1.38. The average Bonchev–Trinajstić information content (AvgIpc) is 2.85. The minimum Gasteiger partial charge on any atom is -0.493 e. The van der Waals surface area contributed by atoms with Crippen molar-refractivity contribution in [2.45, 2.75) is 12.8 Å². The summed E-state index contributed by atoms with van der Waals surface area (Å²) in [7, 11) is 3.15. The van der Waals surface area contributed by atoms with Crippen LogP contribution in [-0.2, 0) is 4.79 Å². The van der Waals surface area contributed by atoms with Crippen LogP contribution in [0.3, 0.4) is 0 Å². The molecule has 0 atom stereocenters. The number of benzene rings is 2. The van der Waals surface area contributed by atoms with Crippen LogP contribution in [-0.4, -0.2) is 43.2 Å². The van der Waals surface area contributed by atoms with E-state index >= 15 is 0 Å². The molecule has 1 aliphatic rings. The van der Waals surface area contributed by atoms with Crippen molar-refractivity contribution in [2.24, 2.45) is 5.92 Å². The molecule has 0 saturated carbocycles. The van der Waals surface area contributed by atoms with Crippen LogP contribution in [0.5, 0.6) is 23.1 Å². The number of anilines is 2. The lowest BCUT2D eigenvalue weighted by molar-refractivity contribution is -0.120. The van der Waals surface area contributed by atoms with Crippen LogP contribution >= 0.6 is 0 Å². The molecule has 32 heavy (non-hydrogen) atoms. The fourth-order valence-electron chi connectivity index (χ4n) is 3.72. The molecule has 0 radical (unpaired) electrons. The van der Waals surface area contributed by atoms with E-state index in [4.69, 9.17) is 14.2 Å². The van der Waals surface area contributed by atoms with Gasteiger partial charge in [-0.15, -0.1) is 0 Å². The van der Waals surface area contributed by atoms with Crippen LogP contribution in [0.1, 0.15) is 12.8 Å². The Morgan fingerprint density at radius 1 is 0.969 bits per heavy atom. The molecular weight excluding hydrogens is 408 g/mol. The molecule has 3 aromatic rings. The second-order valence-electron chi connectivity index (χ2n) is 7.42. The highest BCUT2D eigenvalue weighted by molar-refractivity contribution is 5.93. The summed E-state index contributed by atoms with van der Waals surface area (Å²) >= 11 is 0. The van der Waals surface area contributed by atoms with E-state index in [0.29, 0.717) is 60.6 Å². The van der Waals surface area contributed by atoms with Crippen LogP contribution in [0.2, 0.25) is 0 Å². The second-order valence-corrected chi connectivity index (χ2v) is 7.42. The van der Waals surface area contributed by atoms with Gasteiger partial charge in [-0.1, -0.05) is 18.2 Å². The van der Waals surface area contributed by atoms with Gasteiger partial charge in [0.05, 0.1) is 14.2 Å². The maximum absolute atomic E-state index is 12.8. The number of ether oxygens (including phenoxy) is 3. The van der Waals surface area contributed by atoms with E-state index in [1.54, 1.807) is 44.8 Å². The first kappa shape index (κ1) is 21.4. The first-order valence-corrected chi connectivity index (χ1v) is 10.5. The fraction of sp³-hybridized carbons (Fsp3) is 0.292. The van der Waals surface area contributed by atoms with E-state index in [1.807, 2.05) is 30.3 Å². The molecule has 4 rings (SSSR count). The van der Waals surface area contributed by atoms with Crippen molar-refractivity contribution < 1.29 is 19.0 Å². The standard InChI is InChI=1S/C24H26N4O4/c1-30-20-9-8-18(16-21(20)31-2)27-23(29)17-10-14-28(15-11-17)22-24(26-13-12-25-22)32-19-6-4-3-5-7-19/h3-9,12-13,16-17H,10-11,14-15H2,1-2H3,(H,27,29). The van der Waals surface area contributed by atoms with Gasteiger partial charge < -0.3 is 24.4 Å². The van der Waals surface area contributed by atoms with Gasteiger partial charge in [0.15, 0.2) is 17.3 Å². The number of amides is 1. The van der Waals surface area contributed by atoms with Crippen molar-refractivity contribution >= 4 is 17.4 Å². The molecule has 1 aliphatic heterocycles. The van der Waals surface area contributed by atoms with E-state index < -0.39 is 0 Å². The van der Waals surface area contributed by atoms with Crippen LogP contribution in [0, 0.1) is 5.92 Å². The molecule has 1 aromatic heterocycles. The van der Waals surface area contributed by atoms with Gasteiger partial charge in [-0.05, 0) is 37.1 Å². The number of aromatic nitrogens is 2. The Morgan fingerprint density at radius 3 is 2.41 bits per heavy atom. The summed E-state index contributed by atoms with van der Waals surface area (Å²) in [6.07, 6.45) is 4.69. The van der Waals surface area contributed by atoms with E-state index in [0.717, 1.165) is 0 Å². The average molecular weight is 434 g/mol. The van der Waals surface area contributed by atoms with Crippen molar-refractivity contribution in [2.75, 3.05) is 37.5 Å². The summed E-state index contributed by atoms with van der Waals surface area (Å²) in [5, 5.41) is 2.99. The molecule has 166 valence electrons. The van der Waals surface area contributed by atoms with Crippen molar-refractivity contribution in [1.82, 2.24) is 9.97 Å². The van der Waals surface area contributed by atoms with Crippen molar-refractivity contribution in [3.05, 3.63) is 60.9 Å². The molecule has 1 saturated heterocycles. The van der Waals surface area contributed by atoms with Crippen molar-refractivity contribution in [1.29, 1.82) is 0 Å². The van der Waals surface area contributed by atoms with Crippen molar-refractivity contribution in [3.63, 3.8) is 0 Å². The Labute approximate surface area is 187 Å². The molecule has 0 unspecified atom stereocenters. The maximum atomic E-state index is 12.8. The number of hydrogen-bond donors (Lipinski definition) is 1.